The Morgan fingerprint density at radius 2 is 0.970 bits per heavy atom. The van der Waals surface area contributed by atoms with Crippen molar-refractivity contribution in [3.05, 3.63) is 77.6 Å². The van der Waals surface area contributed by atoms with E-state index in [4.69, 9.17) is 32.1 Å². The van der Waals surface area contributed by atoms with Gasteiger partial charge in [-0.2, -0.15) is 37.2 Å². The van der Waals surface area contributed by atoms with Crippen molar-refractivity contribution in [2.24, 2.45) is 35.5 Å². The van der Waals surface area contributed by atoms with E-state index in [0.29, 0.717) is 100 Å². The third-order valence-corrected chi connectivity index (χ3v) is 22.7. The number of piperazine rings is 2. The molecule has 14 atom stereocenters. The molecule has 0 aromatic carbocycles. The number of ether oxygens (including phenoxy) is 3. The molecule has 9 heterocycles. The normalized spacial score (nSPS) is 29.5. The third kappa shape index (κ3) is 15.3. The molecule has 6 N–H and O–H groups in total. The maximum atomic E-state index is 13.3. The lowest BCUT2D eigenvalue weighted by Crippen LogP contribution is -2.54. The number of aromatic nitrogens is 9. The number of halogens is 10. The number of anilines is 3. The number of fused-ring (bicyclic) bond motifs is 3. The van der Waals surface area contributed by atoms with Crippen LogP contribution in [-0.4, -0.2) is 198 Å². The van der Waals surface area contributed by atoms with E-state index in [2.05, 4.69) is 120 Å². The molecule has 6 aliphatic carbocycles. The fourth-order valence-electron chi connectivity index (χ4n) is 18.1. The van der Waals surface area contributed by atoms with Crippen LogP contribution in [0.1, 0.15) is 139 Å². The lowest BCUT2D eigenvalue weighted by molar-refractivity contribution is -0.274. The average Bonchev–Trinajstić information content (AvgIpc) is 1.57. The van der Waals surface area contributed by atoms with E-state index in [-0.39, 0.29) is 40.8 Å². The molecular weight excluding hydrogens is 1320 g/mol. The Bertz CT molecular complexity index is 3800. The summed E-state index contributed by atoms with van der Waals surface area (Å²) < 4.78 is 149. The molecule has 30 heteroatoms. The third-order valence-electron chi connectivity index (χ3n) is 22.7. The van der Waals surface area contributed by atoms with Crippen molar-refractivity contribution >= 4 is 17.5 Å². The Labute approximate surface area is 576 Å². The molecular formula is C70H93F10N17O3. The van der Waals surface area contributed by atoms with Gasteiger partial charge in [-0.1, -0.05) is 0 Å². The van der Waals surface area contributed by atoms with Gasteiger partial charge in [0, 0.05) is 171 Å². The summed E-state index contributed by atoms with van der Waals surface area (Å²) in [4.78, 5) is 24.3. The molecule has 6 unspecified atom stereocenters. The first-order valence-electron chi connectivity index (χ1n) is 35.3. The second-order valence-corrected chi connectivity index (χ2v) is 29.9. The monoisotopic (exact) mass is 1410 g/mol. The van der Waals surface area contributed by atoms with Gasteiger partial charge in [0.1, 0.15) is 12.4 Å². The molecule has 6 saturated carbocycles. The number of pyridine rings is 3. The highest BCUT2D eigenvalue weighted by molar-refractivity contribution is 5.66. The highest BCUT2D eigenvalue weighted by Crippen LogP contribution is 2.67. The second-order valence-electron chi connectivity index (χ2n) is 29.9. The fraction of sp³-hybridized carbons (Fsp3) is 0.657. The van der Waals surface area contributed by atoms with E-state index in [1.807, 2.05) is 10.7 Å². The predicted octanol–water partition coefficient (Wildman–Crippen LogP) is 12.0. The molecule has 100 heavy (non-hydrogen) atoms. The van der Waals surface area contributed by atoms with Crippen LogP contribution >= 0.6 is 0 Å². The SMILES string of the molecule is CC(C)n1nc(-c2cnc(N)c(C(F)(F)F)c2)cc1C1[C@H]2CC(N3CCN(C)C[C@@H]3C)C[C@@H]12.CC(C)n1nc(-c2cnc(N)c(OC(F)F)c2)cc1C1[C@H]2CC(N3CCN(C)C[C@@H]3C)C[C@@H]12.Nc1ncc(-c2cc(C3[C@H]4CC(N5CCCOCC5)C[C@@H]34)n(CC(F)F)n2)cc1OC(F)(F)F. The summed E-state index contributed by atoms with van der Waals surface area (Å²) in [6.45, 7) is 19.8. The van der Waals surface area contributed by atoms with E-state index in [0.717, 1.165) is 108 Å². The largest absolute Gasteiger partial charge is 0.573 e. The molecule has 0 spiro atoms. The molecule has 20 nitrogen and oxygen atoms in total. The number of rotatable bonds is 16. The summed E-state index contributed by atoms with van der Waals surface area (Å²) in [6.07, 6.45) is 0.0394. The Morgan fingerprint density at radius 3 is 1.43 bits per heavy atom. The van der Waals surface area contributed by atoms with Gasteiger partial charge in [-0.25, -0.2) is 23.7 Å². The predicted molar refractivity (Wildman–Crippen MR) is 357 cm³/mol. The van der Waals surface area contributed by atoms with Gasteiger partial charge >= 0.3 is 19.2 Å². The summed E-state index contributed by atoms with van der Waals surface area (Å²) in [5.41, 5.74) is 21.6. The average molecular weight is 1410 g/mol. The van der Waals surface area contributed by atoms with Crippen LogP contribution < -0.4 is 26.7 Å². The molecule has 6 aromatic heterocycles. The van der Waals surface area contributed by atoms with Gasteiger partial charge in [-0.15, -0.1) is 13.2 Å². The molecule has 15 rings (SSSR count). The van der Waals surface area contributed by atoms with Crippen LogP contribution in [0.25, 0.3) is 33.8 Å². The molecule has 546 valence electrons. The van der Waals surface area contributed by atoms with Crippen molar-refractivity contribution in [1.29, 1.82) is 0 Å². The van der Waals surface area contributed by atoms with Gasteiger partial charge in [0.25, 0.3) is 6.43 Å². The number of nitrogen functional groups attached to an aromatic ring is 3. The van der Waals surface area contributed by atoms with Gasteiger partial charge in [0.15, 0.2) is 23.1 Å². The number of alkyl halides is 10. The molecule has 9 aliphatic rings. The maximum absolute atomic E-state index is 13.3. The van der Waals surface area contributed by atoms with Gasteiger partial charge in [-0.3, -0.25) is 28.7 Å². The zero-order valence-electron chi connectivity index (χ0n) is 57.8. The molecule has 0 amide bonds. The van der Waals surface area contributed by atoms with Crippen LogP contribution in [0.15, 0.2) is 55.0 Å². The van der Waals surface area contributed by atoms with Gasteiger partial charge in [-0.05, 0) is 172 Å². The van der Waals surface area contributed by atoms with Crippen molar-refractivity contribution in [1.82, 2.24) is 68.8 Å². The second kappa shape index (κ2) is 28.4. The molecule has 0 radical (unpaired) electrons. The zero-order valence-corrected chi connectivity index (χ0v) is 57.8. The number of likely N-dealkylation sites (N-methyl/N-ethyl adjacent to an activating group) is 2. The summed E-state index contributed by atoms with van der Waals surface area (Å²) in [7, 11) is 4.40. The first-order valence-corrected chi connectivity index (χ1v) is 35.3. The smallest absolute Gasteiger partial charge is 0.431 e. The first-order chi connectivity index (χ1) is 47.5. The summed E-state index contributed by atoms with van der Waals surface area (Å²) in [5, 5.41) is 13.8. The standard InChI is InChI=1S/C24H33F3N6.C24H34F2N6O.C22H26F5N5O2/c1-13(2)33-21(10-20(30-33)15-7-19(24(25,26)27)23(28)29-11-15)22-17-8-16(9-18(17)22)32-6-5-31(4)12-14(32)3;1-13(2)32-20(10-19(29-32)15-7-21(33-24(25)26)23(27)28-11-15)22-17-8-16(9-18(17)22)31-6-5-30(4)12-14(31)3;23-19(24)11-32-17(20-14-7-13(8-15(14)20)31-2-1-4-33-5-3-31)9-16(30-32)12-6-18(21(28)29-10-12)34-22(25,26)27/h7,10-11,13-14,16-18,22H,5-6,8-9,12H2,1-4H3,(H2,28,29);7,10-11,13-14,16-18,22,24H,5-6,8-9,12H2,1-4H3,(H2,27,28);6,9-10,13-15,19-20H,1-5,7-8,11H2,(H2,28,29)/t2*14-,16?,17-,18+,22?;13?,14-,15+,20?/m00./s1. The molecule has 3 aliphatic heterocycles. The van der Waals surface area contributed by atoms with Gasteiger partial charge in [0.2, 0.25) is 0 Å². The van der Waals surface area contributed by atoms with Crippen LogP contribution in [0, 0.1) is 35.5 Å². The molecule has 9 fully saturated rings. The van der Waals surface area contributed by atoms with E-state index in [1.165, 1.54) is 54.5 Å². The topological polar surface area (TPSA) is 214 Å². The highest BCUT2D eigenvalue weighted by Gasteiger charge is 2.61. The van der Waals surface area contributed by atoms with Crippen molar-refractivity contribution in [2.45, 2.75) is 179 Å². The van der Waals surface area contributed by atoms with Gasteiger partial charge < -0.3 is 41.2 Å². The molecule has 6 aromatic rings. The van der Waals surface area contributed by atoms with Crippen LogP contribution in [0.4, 0.5) is 61.4 Å². The Balaban J connectivity index is 0.000000134. The lowest BCUT2D eigenvalue weighted by atomic mass is 10.00. The minimum absolute atomic E-state index is 0.0523. The number of hydrogen-bond donors (Lipinski definition) is 3. The van der Waals surface area contributed by atoms with Crippen LogP contribution in [-0.2, 0) is 17.5 Å². The minimum Gasteiger partial charge on any atom is -0.431 e. The molecule has 0 bridgehead atoms. The maximum Gasteiger partial charge on any atom is 0.573 e. The fourth-order valence-corrected chi connectivity index (χ4v) is 18.1. The van der Waals surface area contributed by atoms with Crippen LogP contribution in [0.2, 0.25) is 0 Å². The number of nitrogens with zero attached hydrogens (tertiary/aromatic N) is 14. The van der Waals surface area contributed by atoms with Crippen molar-refractivity contribution in [3.8, 4) is 45.3 Å². The number of hydrogen-bond acceptors (Lipinski definition) is 17. The van der Waals surface area contributed by atoms with E-state index in [9.17, 15) is 43.9 Å². The van der Waals surface area contributed by atoms with E-state index < -0.39 is 55.1 Å². The Hall–Kier alpha value is -6.86. The minimum atomic E-state index is -4.93. The Morgan fingerprint density at radius 1 is 0.530 bits per heavy atom. The Kier molecular flexibility index (Phi) is 20.3. The van der Waals surface area contributed by atoms with Crippen LogP contribution in [0.5, 0.6) is 11.5 Å². The highest BCUT2D eigenvalue weighted by atomic mass is 19.4. The van der Waals surface area contributed by atoms with Crippen molar-refractivity contribution in [3.63, 3.8) is 0 Å². The van der Waals surface area contributed by atoms with Crippen molar-refractivity contribution in [2.75, 3.05) is 96.9 Å². The van der Waals surface area contributed by atoms with E-state index in [1.54, 1.807) is 12.3 Å². The van der Waals surface area contributed by atoms with Gasteiger partial charge in [0.05, 0.1) is 29.3 Å². The van der Waals surface area contributed by atoms with Crippen molar-refractivity contribution < 1.29 is 58.1 Å². The first kappa shape index (κ1) is 71.5. The summed E-state index contributed by atoms with van der Waals surface area (Å²) >= 11 is 0. The number of nitrogens with two attached hydrogens (primary N) is 3. The molecule has 3 saturated heterocycles. The lowest BCUT2D eigenvalue weighted by Gasteiger charge is -2.42. The summed E-state index contributed by atoms with van der Waals surface area (Å²) in [5.74, 6) is 2.80. The van der Waals surface area contributed by atoms with E-state index >= 15 is 0 Å². The zero-order chi connectivity index (χ0) is 71.1. The quantitative estimate of drug-likeness (QED) is 0.0768. The summed E-state index contributed by atoms with van der Waals surface area (Å²) in [6, 6.07) is 12.8. The van der Waals surface area contributed by atoms with Crippen LogP contribution in [0.3, 0.4) is 0 Å².